The summed E-state index contributed by atoms with van der Waals surface area (Å²) in [4.78, 5) is 30.1. The van der Waals surface area contributed by atoms with Gasteiger partial charge in [-0.15, -0.1) is 11.3 Å². The van der Waals surface area contributed by atoms with Gasteiger partial charge in [-0.05, 0) is 31.0 Å². The van der Waals surface area contributed by atoms with E-state index in [1.165, 1.54) is 29.7 Å². The van der Waals surface area contributed by atoms with E-state index in [1.807, 2.05) is 0 Å². The van der Waals surface area contributed by atoms with Crippen LogP contribution in [0.1, 0.15) is 33.6 Å². The number of carbonyl (C=O) groups excluding carboxylic acids is 1. The largest absolute Gasteiger partial charge is 0.481 e. The number of aromatic nitrogens is 1. The monoisotopic (exact) mass is 348 g/mol. The third kappa shape index (κ3) is 3.31. The first kappa shape index (κ1) is 16.6. The van der Waals surface area contributed by atoms with Crippen LogP contribution in [-0.2, 0) is 11.2 Å². The summed E-state index contributed by atoms with van der Waals surface area (Å²) < 4.78 is 12.9. The number of likely N-dealkylation sites (tertiary alicyclic amines) is 1. The van der Waals surface area contributed by atoms with Crippen LogP contribution in [0.15, 0.2) is 30.5 Å². The lowest BCUT2D eigenvalue weighted by Gasteiger charge is -2.19. The highest BCUT2D eigenvalue weighted by molar-refractivity contribution is 7.13. The van der Waals surface area contributed by atoms with Crippen LogP contribution in [0.2, 0.25) is 0 Å². The number of halogens is 1. The first-order valence-electron chi connectivity index (χ1n) is 7.59. The Morgan fingerprint density at radius 3 is 2.71 bits per heavy atom. The molecule has 24 heavy (non-hydrogen) atoms. The second-order valence-electron chi connectivity index (χ2n) is 6.26. The van der Waals surface area contributed by atoms with E-state index in [-0.39, 0.29) is 18.3 Å². The Bertz CT molecular complexity index is 774. The van der Waals surface area contributed by atoms with Crippen molar-refractivity contribution < 1.29 is 19.1 Å². The number of benzene rings is 1. The molecule has 1 atom stereocenters. The van der Waals surface area contributed by atoms with E-state index >= 15 is 0 Å². The summed E-state index contributed by atoms with van der Waals surface area (Å²) in [5.41, 5.74) is 0.0430. The van der Waals surface area contributed by atoms with Crippen LogP contribution in [-0.4, -0.2) is 40.0 Å². The number of carboxylic acid groups (broad SMARTS) is 1. The molecule has 1 fully saturated rings. The van der Waals surface area contributed by atoms with Gasteiger partial charge in [-0.2, -0.15) is 0 Å². The zero-order chi connectivity index (χ0) is 17.3. The highest BCUT2D eigenvalue weighted by atomic mass is 32.1. The van der Waals surface area contributed by atoms with Crippen LogP contribution in [0.25, 0.3) is 0 Å². The molecule has 126 valence electrons. The number of nitrogens with zero attached hydrogens (tertiary/aromatic N) is 2. The Hall–Kier alpha value is -2.28. The molecule has 0 saturated carbocycles. The van der Waals surface area contributed by atoms with Gasteiger partial charge in [-0.1, -0.05) is 12.1 Å². The fourth-order valence-electron chi connectivity index (χ4n) is 2.73. The first-order chi connectivity index (χ1) is 11.4. The molecule has 0 radical (unpaired) electrons. The number of hydrogen-bond acceptors (Lipinski definition) is 4. The van der Waals surface area contributed by atoms with Crippen molar-refractivity contribution in [2.24, 2.45) is 5.41 Å². The quantitative estimate of drug-likeness (QED) is 0.922. The van der Waals surface area contributed by atoms with Gasteiger partial charge in [0.1, 0.15) is 10.7 Å². The minimum Gasteiger partial charge on any atom is -0.481 e. The van der Waals surface area contributed by atoms with Crippen LogP contribution in [0.3, 0.4) is 0 Å². The fourth-order valence-corrected chi connectivity index (χ4v) is 3.65. The molecule has 1 aromatic heterocycles. The number of thiazole rings is 1. The number of hydrogen-bond donors (Lipinski definition) is 1. The lowest BCUT2D eigenvalue weighted by Crippen LogP contribution is -2.34. The molecule has 3 rings (SSSR count). The summed E-state index contributed by atoms with van der Waals surface area (Å²) in [5.74, 6) is -1.34. The lowest BCUT2D eigenvalue weighted by atomic mass is 9.90. The fraction of sp³-hybridized carbons (Fsp3) is 0.353. The molecule has 1 aliphatic heterocycles. The Balaban J connectivity index is 1.68. The zero-order valence-corrected chi connectivity index (χ0v) is 14.0. The molecule has 0 aliphatic carbocycles. The number of carboxylic acids is 1. The molecule has 1 N–H and O–H groups in total. The minimum absolute atomic E-state index is 0.178. The molecule has 1 amide bonds. The summed E-state index contributed by atoms with van der Waals surface area (Å²) >= 11 is 1.29. The standard InChI is InChI=1S/C17H17FN2O3S/c1-17(16(22)23)6-7-20(10-17)15(21)13-9-19-14(24-13)8-11-2-4-12(18)5-3-11/h2-5,9H,6-8,10H2,1H3,(H,22,23). The molecule has 7 heteroatoms. The van der Waals surface area contributed by atoms with E-state index in [1.54, 1.807) is 24.0 Å². The van der Waals surface area contributed by atoms with E-state index in [4.69, 9.17) is 0 Å². The molecular weight excluding hydrogens is 331 g/mol. The van der Waals surface area contributed by atoms with Gasteiger partial charge in [0.25, 0.3) is 5.91 Å². The Morgan fingerprint density at radius 2 is 2.08 bits per heavy atom. The van der Waals surface area contributed by atoms with Gasteiger partial charge in [-0.3, -0.25) is 9.59 Å². The van der Waals surface area contributed by atoms with Crippen molar-refractivity contribution in [1.29, 1.82) is 0 Å². The Labute approximate surface area is 142 Å². The molecule has 1 aromatic carbocycles. The van der Waals surface area contributed by atoms with Crippen LogP contribution >= 0.6 is 11.3 Å². The smallest absolute Gasteiger partial charge is 0.311 e. The summed E-state index contributed by atoms with van der Waals surface area (Å²) in [7, 11) is 0. The zero-order valence-electron chi connectivity index (χ0n) is 13.2. The number of aliphatic carboxylic acids is 1. The van der Waals surface area contributed by atoms with E-state index in [9.17, 15) is 19.1 Å². The highest BCUT2D eigenvalue weighted by Gasteiger charge is 2.42. The van der Waals surface area contributed by atoms with E-state index in [0.29, 0.717) is 24.3 Å². The molecular formula is C17H17FN2O3S. The number of amides is 1. The maximum Gasteiger partial charge on any atom is 0.311 e. The third-order valence-electron chi connectivity index (χ3n) is 4.31. The van der Waals surface area contributed by atoms with Crippen LogP contribution in [0, 0.1) is 11.2 Å². The summed E-state index contributed by atoms with van der Waals surface area (Å²) in [5, 5.41) is 10.0. The Kier molecular flexibility index (Phi) is 4.36. The van der Waals surface area contributed by atoms with Gasteiger partial charge in [0, 0.05) is 19.5 Å². The van der Waals surface area contributed by atoms with Crippen LogP contribution in [0.5, 0.6) is 0 Å². The van der Waals surface area contributed by atoms with Gasteiger partial charge in [0.2, 0.25) is 0 Å². The van der Waals surface area contributed by atoms with Crippen LogP contribution in [0.4, 0.5) is 4.39 Å². The maximum atomic E-state index is 12.9. The lowest BCUT2D eigenvalue weighted by molar-refractivity contribution is -0.147. The summed E-state index contributed by atoms with van der Waals surface area (Å²) in [6.45, 7) is 2.31. The molecule has 1 unspecified atom stereocenters. The van der Waals surface area contributed by atoms with Crippen LogP contribution < -0.4 is 0 Å². The van der Waals surface area contributed by atoms with Gasteiger partial charge < -0.3 is 10.0 Å². The molecule has 0 bridgehead atoms. The molecule has 2 heterocycles. The van der Waals surface area contributed by atoms with Crippen molar-refractivity contribution in [1.82, 2.24) is 9.88 Å². The van der Waals surface area contributed by atoms with Crippen molar-refractivity contribution >= 4 is 23.2 Å². The van der Waals surface area contributed by atoms with Crippen molar-refractivity contribution in [2.45, 2.75) is 19.8 Å². The average Bonchev–Trinajstić information content (AvgIpc) is 3.17. The number of carbonyl (C=O) groups is 2. The topological polar surface area (TPSA) is 70.5 Å². The molecule has 2 aromatic rings. The molecule has 1 aliphatic rings. The average molecular weight is 348 g/mol. The minimum atomic E-state index is -0.878. The second kappa shape index (κ2) is 6.32. The predicted octanol–water partition coefficient (Wildman–Crippen LogP) is 2.81. The van der Waals surface area contributed by atoms with Crippen molar-refractivity contribution in [3.8, 4) is 0 Å². The van der Waals surface area contributed by atoms with Crippen molar-refractivity contribution in [2.75, 3.05) is 13.1 Å². The van der Waals surface area contributed by atoms with E-state index < -0.39 is 11.4 Å². The van der Waals surface area contributed by atoms with Gasteiger partial charge in [0.15, 0.2) is 0 Å². The van der Waals surface area contributed by atoms with Gasteiger partial charge in [-0.25, -0.2) is 9.37 Å². The Morgan fingerprint density at radius 1 is 1.38 bits per heavy atom. The van der Waals surface area contributed by atoms with E-state index in [2.05, 4.69) is 4.98 Å². The molecule has 0 spiro atoms. The predicted molar refractivity (Wildman–Crippen MR) is 87.6 cm³/mol. The van der Waals surface area contributed by atoms with Crippen molar-refractivity contribution in [3.63, 3.8) is 0 Å². The first-order valence-corrected chi connectivity index (χ1v) is 8.41. The molecule has 1 saturated heterocycles. The highest BCUT2D eigenvalue weighted by Crippen LogP contribution is 2.31. The number of rotatable bonds is 4. The summed E-state index contributed by atoms with van der Waals surface area (Å²) in [6, 6.07) is 6.17. The van der Waals surface area contributed by atoms with Gasteiger partial charge >= 0.3 is 5.97 Å². The maximum absolute atomic E-state index is 12.9. The van der Waals surface area contributed by atoms with Crippen molar-refractivity contribution in [3.05, 3.63) is 51.7 Å². The summed E-state index contributed by atoms with van der Waals surface area (Å²) in [6.07, 6.45) is 2.52. The SMILES string of the molecule is CC1(C(=O)O)CCN(C(=O)c2cnc(Cc3ccc(F)cc3)s2)C1. The van der Waals surface area contributed by atoms with E-state index in [0.717, 1.165) is 10.6 Å². The second-order valence-corrected chi connectivity index (χ2v) is 7.38. The normalized spacial score (nSPS) is 20.3. The third-order valence-corrected chi connectivity index (χ3v) is 5.30. The van der Waals surface area contributed by atoms with Gasteiger partial charge in [0.05, 0.1) is 16.6 Å². The molecule has 5 nitrogen and oxygen atoms in total.